The first-order valence-corrected chi connectivity index (χ1v) is 23.6. The summed E-state index contributed by atoms with van der Waals surface area (Å²) in [6, 6.07) is 5.31. The molecule has 2 rings (SSSR count). The van der Waals surface area contributed by atoms with Crippen LogP contribution in [0.15, 0.2) is 29.6 Å². The number of carboxylic acid groups (broad SMARTS) is 1. The maximum Gasteiger partial charge on any atom is 0.328 e. The molecule has 0 aliphatic heterocycles. The summed E-state index contributed by atoms with van der Waals surface area (Å²) in [6.45, 7) is 25.4. The fourth-order valence-electron chi connectivity index (χ4n) is 5.97. The number of thiazole rings is 1. The summed E-state index contributed by atoms with van der Waals surface area (Å²) >= 11 is 1.29. The van der Waals surface area contributed by atoms with Crippen molar-refractivity contribution in [3.8, 4) is 5.75 Å². The molecule has 1 aromatic carbocycles. The first kappa shape index (κ1) is 58.1. The molecule has 4 unspecified atom stereocenters. The smallest absolute Gasteiger partial charge is 0.328 e. The Morgan fingerprint density at radius 2 is 1.53 bits per heavy atom. The van der Waals surface area contributed by atoms with E-state index < -0.39 is 42.0 Å². The Morgan fingerprint density at radius 1 is 0.887 bits per heavy atom. The van der Waals surface area contributed by atoms with Crippen molar-refractivity contribution >= 4 is 41.5 Å². The Hall–Kier alpha value is -3.92. The maximum atomic E-state index is 13.5. The van der Waals surface area contributed by atoms with Crippen LogP contribution in [0.2, 0.25) is 0 Å². The number of carbonyl (C=O) groups excluding carboxylic acids is 4. The molecular weight excluding hydrogens is 809 g/mol. The molecule has 0 saturated heterocycles. The third-order valence-corrected chi connectivity index (χ3v) is 11.2. The van der Waals surface area contributed by atoms with Crippen molar-refractivity contribution in [3.05, 3.63) is 45.9 Å². The van der Waals surface area contributed by atoms with Crippen LogP contribution < -0.4 is 21.1 Å². The maximum absolute atomic E-state index is 13.5. The number of carboxylic acids is 1. The first-order chi connectivity index (χ1) is 29.4. The van der Waals surface area contributed by atoms with E-state index in [1.807, 2.05) is 41.5 Å². The largest absolute Gasteiger partial charge is 0.481 e. The number of aromatic nitrogens is 1. The van der Waals surface area contributed by atoms with Gasteiger partial charge in [0, 0.05) is 37.0 Å². The van der Waals surface area contributed by atoms with Crippen LogP contribution in [-0.4, -0.2) is 108 Å². The number of aliphatic carboxylic acids is 1. The quantitative estimate of drug-likeness (QED) is 0.0369. The van der Waals surface area contributed by atoms with Gasteiger partial charge in [-0.1, -0.05) is 108 Å². The van der Waals surface area contributed by atoms with Crippen molar-refractivity contribution in [1.82, 2.24) is 25.4 Å². The molecule has 0 radical (unpaired) electrons. The Labute approximate surface area is 377 Å². The highest BCUT2D eigenvalue weighted by atomic mass is 32.1. The third-order valence-electron chi connectivity index (χ3n) is 10.2. The van der Waals surface area contributed by atoms with Crippen molar-refractivity contribution < 1.29 is 38.6 Å². The number of hydrogen-bond donors (Lipinski definition) is 4. The van der Waals surface area contributed by atoms with Crippen LogP contribution in [0.3, 0.4) is 0 Å². The van der Waals surface area contributed by atoms with Crippen molar-refractivity contribution in [2.45, 2.75) is 158 Å². The highest BCUT2D eigenvalue weighted by Crippen LogP contribution is 2.31. The van der Waals surface area contributed by atoms with Crippen LogP contribution in [0, 0.1) is 17.8 Å². The van der Waals surface area contributed by atoms with Crippen LogP contribution >= 0.6 is 11.3 Å². The zero-order valence-corrected chi connectivity index (χ0v) is 40.9. The fraction of sp³-hybridized carbons (Fsp3) is 0.702. The molecule has 2 aromatic rings. The second kappa shape index (κ2) is 33.6. The number of nitrogens with two attached hydrogens (primary N) is 1. The Kier molecular flexibility index (Phi) is 31.5. The van der Waals surface area contributed by atoms with E-state index in [0.29, 0.717) is 43.2 Å². The fourth-order valence-corrected chi connectivity index (χ4v) is 6.83. The summed E-state index contributed by atoms with van der Waals surface area (Å²) in [6.07, 6.45) is 7.78. The molecule has 0 bridgehead atoms. The minimum Gasteiger partial charge on any atom is -0.481 e. The van der Waals surface area contributed by atoms with Crippen molar-refractivity contribution in [2.75, 3.05) is 39.8 Å². The number of benzene rings is 1. The van der Waals surface area contributed by atoms with Gasteiger partial charge in [-0.3, -0.25) is 19.2 Å². The van der Waals surface area contributed by atoms with E-state index in [9.17, 15) is 29.1 Å². The van der Waals surface area contributed by atoms with Gasteiger partial charge in [-0.2, -0.15) is 0 Å². The van der Waals surface area contributed by atoms with Gasteiger partial charge in [0.2, 0.25) is 12.3 Å². The number of hydrogen-bond acceptors (Lipinski definition) is 11. The SMILES string of the molecule is CCCC.CCCCN(C)CC.CCCOC(CC(C(C)C)N(CCC)C(=O)CNC=O)c1nc(C(=O)NC(Cc2ccc(OC(=O)C(N)C(C)C)cc2)C[C@H](C)C(=O)O)cs1. The van der Waals surface area contributed by atoms with E-state index in [1.165, 1.54) is 50.1 Å². The molecule has 1 aromatic heterocycles. The lowest BCUT2D eigenvalue weighted by Gasteiger charge is -2.36. The van der Waals surface area contributed by atoms with E-state index in [0.717, 1.165) is 18.4 Å². The number of carbonyl (C=O) groups is 5. The Bertz CT molecular complexity index is 1540. The summed E-state index contributed by atoms with van der Waals surface area (Å²) in [7, 11) is 2.16. The molecule has 3 amide bonds. The molecule has 5 atom stereocenters. The van der Waals surface area contributed by atoms with Gasteiger partial charge in [0.1, 0.15) is 28.6 Å². The number of nitrogens with one attached hydrogen (secondary N) is 2. The number of nitrogens with zero attached hydrogens (tertiary/aromatic N) is 3. The van der Waals surface area contributed by atoms with Gasteiger partial charge in [0.15, 0.2) is 0 Å². The van der Waals surface area contributed by atoms with E-state index in [1.54, 1.807) is 41.5 Å². The third kappa shape index (κ3) is 23.5. The van der Waals surface area contributed by atoms with Gasteiger partial charge in [-0.15, -0.1) is 11.3 Å². The van der Waals surface area contributed by atoms with E-state index in [2.05, 4.69) is 55.3 Å². The molecule has 1 heterocycles. The predicted octanol–water partition coefficient (Wildman–Crippen LogP) is 7.90. The van der Waals surface area contributed by atoms with Crippen LogP contribution in [-0.2, 0) is 30.3 Å². The number of amides is 3. The second-order valence-electron chi connectivity index (χ2n) is 16.5. The topological polar surface area (TPSA) is 193 Å². The van der Waals surface area contributed by atoms with Crippen LogP contribution in [0.1, 0.15) is 155 Å². The molecule has 14 nitrogen and oxygen atoms in total. The zero-order chi connectivity index (χ0) is 47.2. The number of esters is 1. The zero-order valence-electron chi connectivity index (χ0n) is 40.0. The Morgan fingerprint density at radius 3 is 2.03 bits per heavy atom. The second-order valence-corrected chi connectivity index (χ2v) is 17.4. The van der Waals surface area contributed by atoms with Gasteiger partial charge < -0.3 is 40.7 Å². The molecule has 0 spiro atoms. The average Bonchev–Trinajstić information content (AvgIpc) is 3.75. The lowest BCUT2D eigenvalue weighted by molar-refractivity contribution is -0.141. The molecule has 0 aliphatic rings. The highest BCUT2D eigenvalue weighted by Gasteiger charge is 2.31. The van der Waals surface area contributed by atoms with Gasteiger partial charge in [0.25, 0.3) is 5.91 Å². The van der Waals surface area contributed by atoms with Crippen molar-refractivity contribution in [2.24, 2.45) is 23.5 Å². The minimum atomic E-state index is -0.975. The van der Waals surface area contributed by atoms with E-state index in [4.69, 9.17) is 15.2 Å². The normalized spacial score (nSPS) is 13.4. The summed E-state index contributed by atoms with van der Waals surface area (Å²) in [5, 5.41) is 17.3. The number of ether oxygens (including phenoxy) is 2. The monoisotopic (exact) mass is 891 g/mol. The lowest BCUT2D eigenvalue weighted by atomic mass is 9.95. The molecule has 0 aliphatic carbocycles. The Balaban J connectivity index is 0.00000270. The number of rotatable bonds is 28. The highest BCUT2D eigenvalue weighted by molar-refractivity contribution is 7.09. The summed E-state index contributed by atoms with van der Waals surface area (Å²) < 4.78 is 11.6. The van der Waals surface area contributed by atoms with Gasteiger partial charge in [0.05, 0.1) is 12.5 Å². The summed E-state index contributed by atoms with van der Waals surface area (Å²) in [4.78, 5) is 70.2. The molecule has 15 heteroatoms. The van der Waals surface area contributed by atoms with E-state index >= 15 is 0 Å². The molecule has 0 saturated carbocycles. The van der Waals surface area contributed by atoms with Crippen LogP contribution in [0.25, 0.3) is 0 Å². The van der Waals surface area contributed by atoms with Gasteiger partial charge >= 0.3 is 11.9 Å². The van der Waals surface area contributed by atoms with E-state index in [-0.39, 0.29) is 42.4 Å². The van der Waals surface area contributed by atoms with Crippen LogP contribution in [0.4, 0.5) is 0 Å². The van der Waals surface area contributed by atoms with Crippen molar-refractivity contribution in [1.29, 1.82) is 0 Å². The molecule has 0 fully saturated rings. The van der Waals surface area contributed by atoms with Gasteiger partial charge in [-0.25, -0.2) is 9.78 Å². The lowest BCUT2D eigenvalue weighted by Crippen LogP contribution is -2.48. The van der Waals surface area contributed by atoms with Crippen molar-refractivity contribution in [3.63, 3.8) is 0 Å². The van der Waals surface area contributed by atoms with Crippen LogP contribution in [0.5, 0.6) is 5.75 Å². The summed E-state index contributed by atoms with van der Waals surface area (Å²) in [5.74, 6) is -2.52. The van der Waals surface area contributed by atoms with Gasteiger partial charge in [-0.05, 0) is 81.8 Å². The first-order valence-electron chi connectivity index (χ1n) is 22.8. The number of unbranched alkanes of at least 4 members (excludes halogenated alkanes) is 2. The predicted molar refractivity (Wildman–Crippen MR) is 250 cm³/mol. The molecule has 5 N–H and O–H groups in total. The minimum absolute atomic E-state index is 0.0765. The molecule has 62 heavy (non-hydrogen) atoms. The summed E-state index contributed by atoms with van der Waals surface area (Å²) in [5.41, 5.74) is 6.88. The molecular formula is C47H82N6O8S. The average molecular weight is 891 g/mol. The standard InChI is InChI=1S/C36H55N5O8S.C7H17N.C4H10/c1-8-14-41(31(43)19-38-21-42)29(22(3)4)18-30(48-15-9-2)34-40-28(20-50-34)33(44)39-26(16-24(7)35(45)46)17-25-10-12-27(13-11-25)49-36(47)32(37)23(5)6;1-4-6-7-8(3)5-2;1-3-4-2/h10-13,20-24,26,29-30,32H,8-9,14-19,37H2,1-7H3,(H,38,42)(H,39,44)(H,45,46);4-7H2,1-3H3;3-4H2,1-2H3/t24-,26?,29?,30?,32?;;/m0../s1. The molecule has 354 valence electrons.